The van der Waals surface area contributed by atoms with Gasteiger partial charge in [0.1, 0.15) is 0 Å². The van der Waals surface area contributed by atoms with Gasteiger partial charge in [-0.15, -0.1) is 0 Å². The SMILES string of the molecule is CC(C)c1ccc(N(C)C)cc1C(C)(C)C. The minimum absolute atomic E-state index is 0.214. The fourth-order valence-electron chi connectivity index (χ4n) is 1.98. The van der Waals surface area contributed by atoms with Gasteiger partial charge in [-0.05, 0) is 34.6 Å². The molecule has 0 N–H and O–H groups in total. The van der Waals surface area contributed by atoms with Crippen LogP contribution in [0.1, 0.15) is 51.7 Å². The summed E-state index contributed by atoms with van der Waals surface area (Å²) in [5.41, 5.74) is 4.44. The van der Waals surface area contributed by atoms with Gasteiger partial charge < -0.3 is 4.90 Å². The zero-order chi connectivity index (χ0) is 12.5. The Morgan fingerprint density at radius 2 is 1.62 bits per heavy atom. The Bertz CT molecular complexity index is 356. The normalized spacial score (nSPS) is 12.0. The van der Waals surface area contributed by atoms with E-state index < -0.39 is 0 Å². The molecule has 90 valence electrons. The molecule has 0 heterocycles. The van der Waals surface area contributed by atoms with Crippen molar-refractivity contribution in [2.75, 3.05) is 19.0 Å². The number of benzene rings is 1. The second kappa shape index (κ2) is 4.48. The molecule has 1 nitrogen and oxygen atoms in total. The second-order valence-electron chi connectivity index (χ2n) is 6.07. The lowest BCUT2D eigenvalue weighted by Gasteiger charge is -2.27. The van der Waals surface area contributed by atoms with Gasteiger partial charge in [-0.25, -0.2) is 0 Å². The lowest BCUT2D eigenvalue weighted by atomic mass is 9.80. The third kappa shape index (κ3) is 2.78. The van der Waals surface area contributed by atoms with Crippen molar-refractivity contribution < 1.29 is 0 Å². The van der Waals surface area contributed by atoms with Crippen LogP contribution < -0.4 is 4.90 Å². The van der Waals surface area contributed by atoms with Crippen molar-refractivity contribution in [3.05, 3.63) is 29.3 Å². The first-order valence-corrected chi connectivity index (χ1v) is 6.05. The van der Waals surface area contributed by atoms with Gasteiger partial charge in [-0.3, -0.25) is 0 Å². The van der Waals surface area contributed by atoms with Crippen LogP contribution in [0.2, 0.25) is 0 Å². The molecule has 0 aromatic heterocycles. The molecule has 0 fully saturated rings. The zero-order valence-corrected chi connectivity index (χ0v) is 11.8. The maximum atomic E-state index is 2.33. The van der Waals surface area contributed by atoms with Gasteiger partial charge in [0.25, 0.3) is 0 Å². The number of rotatable bonds is 2. The molecule has 0 aliphatic rings. The van der Waals surface area contributed by atoms with E-state index in [1.54, 1.807) is 0 Å². The Morgan fingerprint density at radius 3 is 2.00 bits per heavy atom. The molecule has 1 heteroatoms. The monoisotopic (exact) mass is 219 g/mol. The van der Waals surface area contributed by atoms with E-state index in [0.717, 1.165) is 0 Å². The predicted octanol–water partition coefficient (Wildman–Crippen LogP) is 4.17. The van der Waals surface area contributed by atoms with E-state index in [2.05, 4.69) is 71.8 Å². The van der Waals surface area contributed by atoms with Crippen molar-refractivity contribution in [1.29, 1.82) is 0 Å². The Hall–Kier alpha value is -0.980. The van der Waals surface area contributed by atoms with Crippen molar-refractivity contribution in [3.8, 4) is 0 Å². The van der Waals surface area contributed by atoms with E-state index >= 15 is 0 Å². The van der Waals surface area contributed by atoms with Crippen LogP contribution in [0.25, 0.3) is 0 Å². The first kappa shape index (κ1) is 13.1. The molecule has 0 saturated heterocycles. The van der Waals surface area contributed by atoms with E-state index in [-0.39, 0.29) is 5.41 Å². The fourth-order valence-corrected chi connectivity index (χ4v) is 1.98. The van der Waals surface area contributed by atoms with Crippen LogP contribution >= 0.6 is 0 Å². The van der Waals surface area contributed by atoms with Crippen LogP contribution in [0.15, 0.2) is 18.2 Å². The number of anilines is 1. The standard InChI is InChI=1S/C15H25N/c1-11(2)13-9-8-12(16(6)7)10-14(13)15(3,4)5/h8-11H,1-7H3. The third-order valence-corrected chi connectivity index (χ3v) is 2.98. The molecule has 0 amide bonds. The smallest absolute Gasteiger partial charge is 0.0364 e. The van der Waals surface area contributed by atoms with Crippen LogP contribution in [-0.4, -0.2) is 14.1 Å². The van der Waals surface area contributed by atoms with Crippen LogP contribution in [-0.2, 0) is 5.41 Å². The largest absolute Gasteiger partial charge is 0.378 e. The van der Waals surface area contributed by atoms with Crippen LogP contribution in [0.5, 0.6) is 0 Å². The molecular formula is C15H25N. The highest BCUT2D eigenvalue weighted by molar-refractivity contribution is 5.52. The highest BCUT2D eigenvalue weighted by atomic mass is 15.1. The van der Waals surface area contributed by atoms with E-state index in [1.807, 2.05) is 0 Å². The highest BCUT2D eigenvalue weighted by Gasteiger charge is 2.20. The molecule has 0 aliphatic heterocycles. The Morgan fingerprint density at radius 1 is 1.06 bits per heavy atom. The first-order valence-electron chi connectivity index (χ1n) is 6.05. The lowest BCUT2D eigenvalue weighted by molar-refractivity contribution is 0.577. The molecule has 0 radical (unpaired) electrons. The molecule has 0 bridgehead atoms. The number of hydrogen-bond acceptors (Lipinski definition) is 1. The van der Waals surface area contributed by atoms with E-state index in [1.165, 1.54) is 16.8 Å². The van der Waals surface area contributed by atoms with Gasteiger partial charge in [0.2, 0.25) is 0 Å². The van der Waals surface area contributed by atoms with Gasteiger partial charge in [-0.2, -0.15) is 0 Å². The summed E-state index contributed by atoms with van der Waals surface area (Å²) in [5, 5.41) is 0. The van der Waals surface area contributed by atoms with Gasteiger partial charge in [-0.1, -0.05) is 40.7 Å². The molecule has 0 unspecified atom stereocenters. The summed E-state index contributed by atoms with van der Waals surface area (Å²) in [4.78, 5) is 2.17. The Kier molecular flexibility index (Phi) is 3.67. The van der Waals surface area contributed by atoms with Crippen LogP contribution in [0.3, 0.4) is 0 Å². The molecule has 1 aromatic rings. The molecule has 1 aromatic carbocycles. The van der Waals surface area contributed by atoms with Gasteiger partial charge >= 0.3 is 0 Å². The molecule has 16 heavy (non-hydrogen) atoms. The van der Waals surface area contributed by atoms with Gasteiger partial charge in [0, 0.05) is 19.8 Å². The van der Waals surface area contributed by atoms with Crippen LogP contribution in [0.4, 0.5) is 5.69 Å². The number of nitrogens with zero attached hydrogens (tertiary/aromatic N) is 1. The summed E-state index contributed by atoms with van der Waals surface area (Å²) in [7, 11) is 4.19. The molecule has 1 rings (SSSR count). The average Bonchev–Trinajstić information content (AvgIpc) is 2.15. The summed E-state index contributed by atoms with van der Waals surface area (Å²) in [6.07, 6.45) is 0. The Labute approximate surface area is 100 Å². The molecule has 0 aliphatic carbocycles. The summed E-state index contributed by atoms with van der Waals surface area (Å²) in [6.45, 7) is 11.4. The maximum Gasteiger partial charge on any atom is 0.0364 e. The van der Waals surface area contributed by atoms with E-state index in [4.69, 9.17) is 0 Å². The van der Waals surface area contributed by atoms with Gasteiger partial charge in [0.05, 0.1) is 0 Å². The van der Waals surface area contributed by atoms with Gasteiger partial charge in [0.15, 0.2) is 0 Å². The van der Waals surface area contributed by atoms with Crippen molar-refractivity contribution in [3.63, 3.8) is 0 Å². The summed E-state index contributed by atoms with van der Waals surface area (Å²) in [6, 6.07) is 6.82. The predicted molar refractivity (Wildman–Crippen MR) is 73.6 cm³/mol. The third-order valence-electron chi connectivity index (χ3n) is 2.98. The minimum atomic E-state index is 0.214. The van der Waals surface area contributed by atoms with Crippen molar-refractivity contribution in [2.24, 2.45) is 0 Å². The quantitative estimate of drug-likeness (QED) is 0.721. The molecule has 0 spiro atoms. The summed E-state index contributed by atoms with van der Waals surface area (Å²) in [5.74, 6) is 0.588. The van der Waals surface area contributed by atoms with Crippen molar-refractivity contribution in [1.82, 2.24) is 0 Å². The minimum Gasteiger partial charge on any atom is -0.378 e. The molecular weight excluding hydrogens is 194 g/mol. The van der Waals surface area contributed by atoms with E-state index in [9.17, 15) is 0 Å². The topological polar surface area (TPSA) is 3.24 Å². The Balaban J connectivity index is 3.33. The molecule has 0 atom stereocenters. The average molecular weight is 219 g/mol. The number of hydrogen-bond donors (Lipinski definition) is 0. The lowest BCUT2D eigenvalue weighted by Crippen LogP contribution is -2.17. The fraction of sp³-hybridized carbons (Fsp3) is 0.600. The summed E-state index contributed by atoms with van der Waals surface area (Å²) < 4.78 is 0. The second-order valence-corrected chi connectivity index (χ2v) is 6.07. The van der Waals surface area contributed by atoms with Crippen LogP contribution in [0, 0.1) is 0 Å². The van der Waals surface area contributed by atoms with E-state index in [0.29, 0.717) is 5.92 Å². The van der Waals surface area contributed by atoms with Crippen molar-refractivity contribution >= 4 is 5.69 Å². The maximum absolute atomic E-state index is 2.33. The molecule has 0 saturated carbocycles. The highest BCUT2D eigenvalue weighted by Crippen LogP contribution is 2.33. The summed E-state index contributed by atoms with van der Waals surface area (Å²) >= 11 is 0. The first-order chi connectivity index (χ1) is 7.23. The van der Waals surface area contributed by atoms with Crippen molar-refractivity contribution in [2.45, 2.75) is 46.0 Å². The zero-order valence-electron chi connectivity index (χ0n) is 11.8.